The number of benzene rings is 1. The fourth-order valence-electron chi connectivity index (χ4n) is 1.75. The minimum absolute atomic E-state index is 0.327. The molecule has 0 unspecified atom stereocenters. The Labute approximate surface area is 103 Å². The quantitative estimate of drug-likeness (QED) is 0.852. The van der Waals surface area contributed by atoms with Gasteiger partial charge >= 0.3 is 0 Å². The Morgan fingerprint density at radius 3 is 2.41 bits per heavy atom. The number of aromatic hydroxyl groups is 1. The molecule has 1 aliphatic rings. The topological polar surface area (TPSA) is 32.3 Å². The van der Waals surface area contributed by atoms with Gasteiger partial charge in [0.15, 0.2) is 17.4 Å². The molecule has 1 aromatic rings. The first-order valence-electron chi connectivity index (χ1n) is 5.49. The van der Waals surface area contributed by atoms with Gasteiger partial charge in [-0.15, -0.1) is 0 Å². The van der Waals surface area contributed by atoms with Gasteiger partial charge in [-0.05, 0) is 36.8 Å². The van der Waals surface area contributed by atoms with Crippen LogP contribution in [0.5, 0.6) is 5.75 Å². The summed E-state index contributed by atoms with van der Waals surface area (Å²) in [5.41, 5.74) is 0.509. The van der Waals surface area contributed by atoms with E-state index in [-0.39, 0.29) is 0 Å². The summed E-state index contributed by atoms with van der Waals surface area (Å²) in [6, 6.07) is 2.31. The molecule has 0 heterocycles. The molecule has 0 aliphatic heterocycles. The first-order chi connectivity index (χ1) is 8.06. The van der Waals surface area contributed by atoms with Gasteiger partial charge in [0.05, 0.1) is 0 Å². The molecule has 2 N–H and O–H groups in total. The predicted octanol–water partition coefficient (Wildman–Crippen LogP) is 2.66. The van der Waals surface area contributed by atoms with Crippen LogP contribution in [0.1, 0.15) is 18.4 Å². The first-order valence-corrected chi connectivity index (χ1v) is 6.71. The van der Waals surface area contributed by atoms with Gasteiger partial charge in [-0.3, -0.25) is 0 Å². The van der Waals surface area contributed by atoms with Crippen molar-refractivity contribution in [3.8, 4) is 5.75 Å². The van der Waals surface area contributed by atoms with Crippen molar-refractivity contribution in [3.63, 3.8) is 0 Å². The van der Waals surface area contributed by atoms with Gasteiger partial charge in [-0.2, -0.15) is 11.8 Å². The monoisotopic (exact) mass is 259 g/mol. The molecule has 94 valence electrons. The fraction of sp³-hybridized carbons (Fsp3) is 0.500. The SMILES string of the molecule is CSC1(CNCc2cc(F)c(O)c(F)c2)CC1. The summed E-state index contributed by atoms with van der Waals surface area (Å²) >= 11 is 1.83. The van der Waals surface area contributed by atoms with Crippen molar-refractivity contribution in [2.75, 3.05) is 12.8 Å². The van der Waals surface area contributed by atoms with Crippen molar-refractivity contribution in [1.82, 2.24) is 5.32 Å². The first kappa shape index (κ1) is 12.6. The van der Waals surface area contributed by atoms with Crippen molar-refractivity contribution in [2.45, 2.75) is 24.1 Å². The number of thioether (sulfide) groups is 1. The van der Waals surface area contributed by atoms with Gasteiger partial charge in [0.1, 0.15) is 0 Å². The lowest BCUT2D eigenvalue weighted by Gasteiger charge is -2.13. The molecule has 5 heteroatoms. The van der Waals surface area contributed by atoms with Crippen LogP contribution in [0, 0.1) is 11.6 Å². The zero-order chi connectivity index (χ0) is 12.5. The molecule has 0 spiro atoms. The second kappa shape index (κ2) is 4.82. The average Bonchev–Trinajstić information content (AvgIpc) is 3.06. The van der Waals surface area contributed by atoms with Crippen LogP contribution >= 0.6 is 11.8 Å². The lowest BCUT2D eigenvalue weighted by molar-refractivity contribution is 0.395. The van der Waals surface area contributed by atoms with Crippen LogP contribution in [0.15, 0.2) is 12.1 Å². The lowest BCUT2D eigenvalue weighted by Crippen LogP contribution is -2.25. The van der Waals surface area contributed by atoms with Crippen molar-refractivity contribution < 1.29 is 13.9 Å². The molecule has 2 nitrogen and oxygen atoms in total. The van der Waals surface area contributed by atoms with Gasteiger partial charge in [-0.25, -0.2) is 8.78 Å². The summed E-state index contributed by atoms with van der Waals surface area (Å²) in [5.74, 6) is -2.72. The smallest absolute Gasteiger partial charge is 0.187 e. The predicted molar refractivity (Wildman–Crippen MR) is 65.2 cm³/mol. The highest BCUT2D eigenvalue weighted by Gasteiger charge is 2.41. The van der Waals surface area contributed by atoms with Crippen molar-refractivity contribution >= 4 is 11.8 Å². The molecule has 0 amide bonds. The molecule has 1 aliphatic carbocycles. The minimum Gasteiger partial charge on any atom is -0.503 e. The summed E-state index contributed by atoms with van der Waals surface area (Å²) in [7, 11) is 0. The molecule has 0 radical (unpaired) electrons. The highest BCUT2D eigenvalue weighted by atomic mass is 32.2. The van der Waals surface area contributed by atoms with Crippen LogP contribution in [0.3, 0.4) is 0 Å². The third kappa shape index (κ3) is 2.90. The van der Waals surface area contributed by atoms with Gasteiger partial charge in [0.2, 0.25) is 0 Å². The number of hydrogen-bond donors (Lipinski definition) is 2. The summed E-state index contributed by atoms with van der Waals surface area (Å²) in [6.07, 6.45) is 4.47. The summed E-state index contributed by atoms with van der Waals surface area (Å²) in [4.78, 5) is 0. The molecule has 1 fully saturated rings. The number of nitrogens with one attached hydrogen (secondary N) is 1. The number of hydrogen-bond acceptors (Lipinski definition) is 3. The van der Waals surface area contributed by atoms with E-state index in [0.29, 0.717) is 16.9 Å². The molecule has 0 atom stereocenters. The Morgan fingerprint density at radius 2 is 1.94 bits per heavy atom. The Balaban J connectivity index is 1.91. The zero-order valence-electron chi connectivity index (χ0n) is 9.59. The van der Waals surface area contributed by atoms with Crippen molar-refractivity contribution in [2.24, 2.45) is 0 Å². The van der Waals surface area contributed by atoms with E-state index in [4.69, 9.17) is 5.11 Å². The molecular formula is C12H15F2NOS. The van der Waals surface area contributed by atoms with E-state index in [0.717, 1.165) is 18.7 Å². The zero-order valence-corrected chi connectivity index (χ0v) is 10.4. The van der Waals surface area contributed by atoms with E-state index in [1.165, 1.54) is 12.8 Å². The molecule has 0 saturated heterocycles. The minimum atomic E-state index is -0.909. The standard InChI is InChI=1S/C12H15F2NOS/c1-17-12(2-3-12)7-15-6-8-4-9(13)11(16)10(14)5-8/h4-5,15-16H,2-3,6-7H2,1H3. The van der Waals surface area contributed by atoms with Crippen LogP contribution in [0.4, 0.5) is 8.78 Å². The Hall–Kier alpha value is -0.810. The van der Waals surface area contributed by atoms with E-state index in [2.05, 4.69) is 11.6 Å². The van der Waals surface area contributed by atoms with Crippen molar-refractivity contribution in [3.05, 3.63) is 29.3 Å². The molecule has 1 saturated carbocycles. The summed E-state index contributed by atoms with van der Waals surface area (Å²) < 4.78 is 26.4. The summed E-state index contributed by atoms with van der Waals surface area (Å²) in [6.45, 7) is 1.26. The number of phenolic OH excluding ortho intramolecular Hbond substituents is 1. The Kier molecular flexibility index (Phi) is 3.58. The van der Waals surface area contributed by atoms with Crippen LogP contribution < -0.4 is 5.32 Å². The number of rotatable bonds is 5. The average molecular weight is 259 g/mol. The third-order valence-electron chi connectivity index (χ3n) is 3.09. The lowest BCUT2D eigenvalue weighted by atomic mass is 10.2. The van der Waals surface area contributed by atoms with E-state index < -0.39 is 17.4 Å². The largest absolute Gasteiger partial charge is 0.503 e. The molecule has 17 heavy (non-hydrogen) atoms. The normalized spacial score (nSPS) is 17.1. The van der Waals surface area contributed by atoms with Crippen LogP contribution in [-0.2, 0) is 6.54 Å². The second-order valence-corrected chi connectivity index (χ2v) is 5.67. The van der Waals surface area contributed by atoms with Gasteiger partial charge in [-0.1, -0.05) is 0 Å². The number of halogens is 2. The third-order valence-corrected chi connectivity index (χ3v) is 4.51. The van der Waals surface area contributed by atoms with Crippen LogP contribution in [-0.4, -0.2) is 22.7 Å². The fourth-order valence-corrected chi connectivity index (χ4v) is 2.50. The molecule has 2 rings (SSSR count). The Bertz CT molecular complexity index is 398. The maximum Gasteiger partial charge on any atom is 0.187 e. The van der Waals surface area contributed by atoms with Gasteiger partial charge < -0.3 is 10.4 Å². The summed E-state index contributed by atoms with van der Waals surface area (Å²) in [5, 5.41) is 12.2. The van der Waals surface area contributed by atoms with E-state index in [9.17, 15) is 8.78 Å². The second-order valence-electron chi connectivity index (χ2n) is 4.40. The highest BCUT2D eigenvalue weighted by molar-refractivity contribution is 8.00. The maximum absolute atomic E-state index is 13.1. The number of phenols is 1. The van der Waals surface area contributed by atoms with E-state index in [1.807, 2.05) is 11.8 Å². The molecule has 0 aromatic heterocycles. The van der Waals surface area contributed by atoms with E-state index in [1.54, 1.807) is 0 Å². The molecule has 1 aromatic carbocycles. The Morgan fingerprint density at radius 1 is 1.35 bits per heavy atom. The van der Waals surface area contributed by atoms with Crippen molar-refractivity contribution in [1.29, 1.82) is 0 Å². The van der Waals surface area contributed by atoms with E-state index >= 15 is 0 Å². The van der Waals surface area contributed by atoms with Crippen LogP contribution in [0.25, 0.3) is 0 Å². The van der Waals surface area contributed by atoms with Gasteiger partial charge in [0.25, 0.3) is 0 Å². The molecular weight excluding hydrogens is 244 g/mol. The maximum atomic E-state index is 13.1. The highest BCUT2D eigenvalue weighted by Crippen LogP contribution is 2.46. The van der Waals surface area contributed by atoms with Gasteiger partial charge in [0, 0.05) is 17.8 Å². The van der Waals surface area contributed by atoms with Crippen LogP contribution in [0.2, 0.25) is 0 Å². The molecule has 0 bridgehead atoms.